The fourth-order valence-corrected chi connectivity index (χ4v) is 4.09. The normalized spacial score (nSPS) is 19.4. The summed E-state index contributed by atoms with van der Waals surface area (Å²) in [5, 5.41) is 5.16. The number of aromatic nitrogens is 1. The molecular weight excluding hydrogens is 330 g/mol. The van der Waals surface area contributed by atoms with Gasteiger partial charge in [-0.15, -0.1) is 11.3 Å². The van der Waals surface area contributed by atoms with Gasteiger partial charge in [-0.25, -0.2) is 4.98 Å². The standard InChI is InChI=1S/C17H20ClN3OS/c1-10(19-14-8-9-21(3)17(14)22)15-11(2)20-16(23-15)12-4-6-13(18)7-5-12/h4-7,10,14,19H,8-9H2,1-3H3/t10-,14+/m0/s1. The summed E-state index contributed by atoms with van der Waals surface area (Å²) in [5.41, 5.74) is 2.08. The Kier molecular flexibility index (Phi) is 4.71. The highest BCUT2D eigenvalue weighted by atomic mass is 35.5. The minimum absolute atomic E-state index is 0.0875. The van der Waals surface area contributed by atoms with Gasteiger partial charge in [-0.3, -0.25) is 10.1 Å². The number of nitrogens with one attached hydrogen (secondary N) is 1. The maximum absolute atomic E-state index is 12.1. The summed E-state index contributed by atoms with van der Waals surface area (Å²) < 4.78 is 0. The van der Waals surface area contributed by atoms with E-state index in [0.29, 0.717) is 0 Å². The van der Waals surface area contributed by atoms with Crippen molar-refractivity contribution in [1.82, 2.24) is 15.2 Å². The van der Waals surface area contributed by atoms with Crippen molar-refractivity contribution in [2.75, 3.05) is 13.6 Å². The number of rotatable bonds is 4. The summed E-state index contributed by atoms with van der Waals surface area (Å²) in [5.74, 6) is 0.178. The predicted molar refractivity (Wildman–Crippen MR) is 94.9 cm³/mol. The first-order valence-electron chi connectivity index (χ1n) is 7.70. The number of nitrogens with zero attached hydrogens (tertiary/aromatic N) is 2. The zero-order valence-corrected chi connectivity index (χ0v) is 15.0. The van der Waals surface area contributed by atoms with E-state index in [-0.39, 0.29) is 18.0 Å². The lowest BCUT2D eigenvalue weighted by atomic mass is 10.2. The van der Waals surface area contributed by atoms with E-state index in [1.807, 2.05) is 38.2 Å². The smallest absolute Gasteiger partial charge is 0.239 e. The van der Waals surface area contributed by atoms with Crippen LogP contribution in [0.5, 0.6) is 0 Å². The summed E-state index contributed by atoms with van der Waals surface area (Å²) in [6, 6.07) is 7.74. The summed E-state index contributed by atoms with van der Waals surface area (Å²) in [6.45, 7) is 4.94. The number of aryl methyl sites for hydroxylation is 1. The lowest BCUT2D eigenvalue weighted by molar-refractivity contribution is -0.128. The van der Waals surface area contributed by atoms with Gasteiger partial charge >= 0.3 is 0 Å². The van der Waals surface area contributed by atoms with Crippen molar-refractivity contribution in [3.05, 3.63) is 39.9 Å². The molecular formula is C17H20ClN3OS. The second kappa shape index (κ2) is 6.59. The van der Waals surface area contributed by atoms with Gasteiger partial charge in [0, 0.05) is 35.1 Å². The molecule has 0 unspecified atom stereocenters. The number of hydrogen-bond acceptors (Lipinski definition) is 4. The molecule has 2 heterocycles. The summed E-state index contributed by atoms with van der Waals surface area (Å²) in [7, 11) is 1.85. The van der Waals surface area contributed by atoms with Crippen molar-refractivity contribution in [3.8, 4) is 10.6 Å². The Bertz CT molecular complexity index is 713. The number of benzene rings is 1. The topological polar surface area (TPSA) is 45.2 Å². The van der Waals surface area contributed by atoms with Crippen LogP contribution in [0.1, 0.15) is 30.0 Å². The Morgan fingerprint density at radius 2 is 2.09 bits per heavy atom. The van der Waals surface area contributed by atoms with E-state index in [1.165, 1.54) is 4.88 Å². The van der Waals surface area contributed by atoms with Crippen LogP contribution < -0.4 is 5.32 Å². The highest BCUT2D eigenvalue weighted by Gasteiger charge is 2.30. The van der Waals surface area contributed by atoms with E-state index in [1.54, 1.807) is 16.2 Å². The van der Waals surface area contributed by atoms with Gasteiger partial charge in [-0.05, 0) is 32.4 Å². The summed E-state index contributed by atoms with van der Waals surface area (Å²) in [6.07, 6.45) is 0.863. The Morgan fingerprint density at radius 1 is 1.39 bits per heavy atom. The van der Waals surface area contributed by atoms with E-state index in [4.69, 9.17) is 11.6 Å². The van der Waals surface area contributed by atoms with E-state index in [0.717, 1.165) is 34.3 Å². The monoisotopic (exact) mass is 349 g/mol. The second-order valence-corrected chi connectivity index (χ2v) is 7.43. The third-order valence-electron chi connectivity index (χ3n) is 4.20. The summed E-state index contributed by atoms with van der Waals surface area (Å²) >= 11 is 7.61. The molecule has 6 heteroatoms. The average Bonchev–Trinajstić information content (AvgIpc) is 3.06. The molecule has 0 aliphatic carbocycles. The maximum atomic E-state index is 12.1. The minimum Gasteiger partial charge on any atom is -0.344 e. The molecule has 1 N–H and O–H groups in total. The van der Waals surface area contributed by atoms with Crippen LogP contribution >= 0.6 is 22.9 Å². The molecule has 3 rings (SSSR count). The molecule has 2 aromatic rings. The van der Waals surface area contributed by atoms with Gasteiger partial charge in [0.25, 0.3) is 0 Å². The molecule has 1 amide bonds. The van der Waals surface area contributed by atoms with Gasteiger partial charge in [0.15, 0.2) is 0 Å². The molecule has 0 radical (unpaired) electrons. The quantitative estimate of drug-likeness (QED) is 0.916. The van der Waals surface area contributed by atoms with Crippen molar-refractivity contribution < 1.29 is 4.79 Å². The van der Waals surface area contributed by atoms with Gasteiger partial charge in [-0.1, -0.05) is 23.7 Å². The van der Waals surface area contributed by atoms with Gasteiger partial charge in [0.2, 0.25) is 5.91 Å². The van der Waals surface area contributed by atoms with Gasteiger partial charge in [-0.2, -0.15) is 0 Å². The Morgan fingerprint density at radius 3 is 2.70 bits per heavy atom. The molecule has 4 nitrogen and oxygen atoms in total. The number of carbonyl (C=O) groups is 1. The van der Waals surface area contributed by atoms with Crippen LogP contribution in [-0.2, 0) is 4.79 Å². The van der Waals surface area contributed by atoms with Crippen LogP contribution in [0.3, 0.4) is 0 Å². The third kappa shape index (κ3) is 3.42. The van der Waals surface area contributed by atoms with Crippen LogP contribution in [0.15, 0.2) is 24.3 Å². The second-order valence-electron chi connectivity index (χ2n) is 5.96. The molecule has 2 atom stereocenters. The van der Waals surface area contributed by atoms with Crippen molar-refractivity contribution in [3.63, 3.8) is 0 Å². The minimum atomic E-state index is -0.0875. The molecule has 122 valence electrons. The largest absolute Gasteiger partial charge is 0.344 e. The zero-order valence-electron chi connectivity index (χ0n) is 13.5. The predicted octanol–water partition coefficient (Wildman–Crippen LogP) is 3.65. The number of likely N-dealkylation sites (N-methyl/N-ethyl adjacent to an activating group) is 1. The maximum Gasteiger partial charge on any atom is 0.239 e. The highest BCUT2D eigenvalue weighted by Crippen LogP contribution is 2.32. The van der Waals surface area contributed by atoms with Gasteiger partial charge in [0.1, 0.15) is 5.01 Å². The number of halogens is 1. The number of likely N-dealkylation sites (tertiary alicyclic amines) is 1. The zero-order chi connectivity index (χ0) is 16.6. The van der Waals surface area contributed by atoms with Crippen LogP contribution in [0, 0.1) is 6.92 Å². The number of amides is 1. The molecule has 1 saturated heterocycles. The molecule has 1 fully saturated rings. The Hall–Kier alpha value is -1.43. The van der Waals surface area contributed by atoms with Crippen molar-refractivity contribution in [2.45, 2.75) is 32.4 Å². The first-order valence-corrected chi connectivity index (χ1v) is 8.89. The molecule has 1 aliphatic rings. The lowest BCUT2D eigenvalue weighted by Crippen LogP contribution is -2.38. The first kappa shape index (κ1) is 16.4. The molecule has 1 aromatic heterocycles. The van der Waals surface area contributed by atoms with Crippen molar-refractivity contribution >= 4 is 28.8 Å². The van der Waals surface area contributed by atoms with E-state index in [9.17, 15) is 4.79 Å². The lowest BCUT2D eigenvalue weighted by Gasteiger charge is -2.17. The third-order valence-corrected chi connectivity index (χ3v) is 5.84. The molecule has 1 aliphatic heterocycles. The van der Waals surface area contributed by atoms with Crippen LogP contribution in [0.25, 0.3) is 10.6 Å². The average molecular weight is 350 g/mol. The number of thiazole rings is 1. The van der Waals surface area contributed by atoms with E-state index < -0.39 is 0 Å². The number of hydrogen-bond donors (Lipinski definition) is 1. The van der Waals surface area contributed by atoms with Crippen molar-refractivity contribution in [2.24, 2.45) is 0 Å². The van der Waals surface area contributed by atoms with Gasteiger partial charge in [0.05, 0.1) is 11.7 Å². The summed E-state index contributed by atoms with van der Waals surface area (Å²) in [4.78, 5) is 19.7. The van der Waals surface area contributed by atoms with E-state index >= 15 is 0 Å². The highest BCUT2D eigenvalue weighted by molar-refractivity contribution is 7.15. The molecule has 0 saturated carbocycles. The molecule has 0 spiro atoms. The van der Waals surface area contributed by atoms with E-state index in [2.05, 4.69) is 17.2 Å². The SMILES string of the molecule is Cc1nc(-c2ccc(Cl)cc2)sc1[C@H](C)N[C@@H]1CCN(C)C1=O. The van der Waals surface area contributed by atoms with Crippen LogP contribution in [-0.4, -0.2) is 35.4 Å². The Balaban J connectivity index is 1.78. The Labute approximate surface area is 145 Å². The van der Waals surface area contributed by atoms with Crippen LogP contribution in [0.2, 0.25) is 5.02 Å². The van der Waals surface area contributed by atoms with Gasteiger partial charge < -0.3 is 4.90 Å². The molecule has 1 aromatic carbocycles. The molecule has 0 bridgehead atoms. The first-order chi connectivity index (χ1) is 11.0. The van der Waals surface area contributed by atoms with Crippen LogP contribution in [0.4, 0.5) is 0 Å². The number of carbonyl (C=O) groups excluding carboxylic acids is 1. The fraction of sp³-hybridized carbons (Fsp3) is 0.412. The molecule has 23 heavy (non-hydrogen) atoms. The fourth-order valence-electron chi connectivity index (χ4n) is 2.88. The van der Waals surface area contributed by atoms with Crippen molar-refractivity contribution in [1.29, 1.82) is 0 Å².